The second kappa shape index (κ2) is 4.80. The number of H-pyrrole nitrogens is 1. The standard InChI is InChI=1S/C11H8N4OS/c1-7-2-3-8(6-12)10(14-7)17-11-13-5-4-9(16)15-11/h2-5H,1H3,(H,13,15,16). The van der Waals surface area contributed by atoms with Crippen LogP contribution in [-0.2, 0) is 0 Å². The molecular weight excluding hydrogens is 236 g/mol. The molecule has 0 spiro atoms. The minimum absolute atomic E-state index is 0.228. The van der Waals surface area contributed by atoms with Crippen molar-refractivity contribution in [3.8, 4) is 6.07 Å². The molecule has 0 fully saturated rings. The maximum absolute atomic E-state index is 11.1. The SMILES string of the molecule is Cc1ccc(C#N)c(Sc2nccc(=O)[nH]2)n1. The highest BCUT2D eigenvalue weighted by atomic mass is 32.2. The number of aryl methyl sites for hydroxylation is 1. The smallest absolute Gasteiger partial charge is 0.251 e. The van der Waals surface area contributed by atoms with Crippen molar-refractivity contribution in [2.75, 3.05) is 0 Å². The van der Waals surface area contributed by atoms with E-state index in [-0.39, 0.29) is 5.56 Å². The summed E-state index contributed by atoms with van der Waals surface area (Å²) in [7, 11) is 0. The summed E-state index contributed by atoms with van der Waals surface area (Å²) in [6, 6.07) is 6.85. The number of aromatic nitrogens is 3. The van der Waals surface area contributed by atoms with Gasteiger partial charge in [0.25, 0.3) is 5.56 Å². The molecule has 2 rings (SSSR count). The van der Waals surface area contributed by atoms with Crippen LogP contribution in [0.3, 0.4) is 0 Å². The van der Waals surface area contributed by atoms with Crippen molar-refractivity contribution in [1.29, 1.82) is 5.26 Å². The van der Waals surface area contributed by atoms with E-state index in [0.717, 1.165) is 5.69 Å². The van der Waals surface area contributed by atoms with Gasteiger partial charge in [0.2, 0.25) is 0 Å². The fraction of sp³-hybridized carbons (Fsp3) is 0.0909. The Bertz CT molecular complexity index is 644. The number of aromatic amines is 1. The van der Waals surface area contributed by atoms with Crippen molar-refractivity contribution in [1.82, 2.24) is 15.0 Å². The quantitative estimate of drug-likeness (QED) is 0.809. The van der Waals surface area contributed by atoms with Crippen LogP contribution in [0, 0.1) is 18.3 Å². The lowest BCUT2D eigenvalue weighted by atomic mass is 10.3. The number of nitrogens with zero attached hydrogens (tertiary/aromatic N) is 3. The number of nitriles is 1. The van der Waals surface area contributed by atoms with Gasteiger partial charge in [-0.3, -0.25) is 4.79 Å². The molecule has 84 valence electrons. The van der Waals surface area contributed by atoms with Gasteiger partial charge in [0, 0.05) is 18.0 Å². The Morgan fingerprint density at radius 2 is 2.24 bits per heavy atom. The van der Waals surface area contributed by atoms with Crippen molar-refractivity contribution in [2.24, 2.45) is 0 Å². The molecule has 2 aromatic heterocycles. The second-order valence-electron chi connectivity index (χ2n) is 3.26. The molecule has 0 unspecified atom stereocenters. The lowest BCUT2D eigenvalue weighted by Crippen LogP contribution is -2.05. The minimum atomic E-state index is -0.228. The number of hydrogen-bond acceptors (Lipinski definition) is 5. The maximum atomic E-state index is 11.1. The molecule has 0 saturated heterocycles. The number of hydrogen-bond donors (Lipinski definition) is 1. The van der Waals surface area contributed by atoms with E-state index >= 15 is 0 Å². The predicted molar refractivity (Wildman–Crippen MR) is 62.7 cm³/mol. The minimum Gasteiger partial charge on any atom is -0.301 e. The Morgan fingerprint density at radius 1 is 1.41 bits per heavy atom. The summed E-state index contributed by atoms with van der Waals surface area (Å²) in [6.07, 6.45) is 1.42. The summed E-state index contributed by atoms with van der Waals surface area (Å²) in [4.78, 5) is 21.9. The average Bonchev–Trinajstić information content (AvgIpc) is 2.29. The van der Waals surface area contributed by atoms with Gasteiger partial charge in [-0.25, -0.2) is 9.97 Å². The zero-order valence-corrected chi connectivity index (χ0v) is 9.78. The third kappa shape index (κ3) is 2.71. The van der Waals surface area contributed by atoms with Gasteiger partial charge in [0.1, 0.15) is 11.1 Å². The summed E-state index contributed by atoms with van der Waals surface area (Å²) in [6.45, 7) is 1.84. The van der Waals surface area contributed by atoms with Crippen LogP contribution in [0.1, 0.15) is 11.3 Å². The first-order valence-corrected chi connectivity index (χ1v) is 5.61. The summed E-state index contributed by atoms with van der Waals surface area (Å²) >= 11 is 1.17. The first kappa shape index (κ1) is 11.4. The maximum Gasteiger partial charge on any atom is 0.251 e. The van der Waals surface area contributed by atoms with Crippen LogP contribution in [0.25, 0.3) is 0 Å². The van der Waals surface area contributed by atoms with Crippen molar-refractivity contribution in [3.63, 3.8) is 0 Å². The van der Waals surface area contributed by atoms with Crippen molar-refractivity contribution >= 4 is 11.8 Å². The Kier molecular flexibility index (Phi) is 3.21. The van der Waals surface area contributed by atoms with E-state index in [0.29, 0.717) is 15.7 Å². The molecule has 0 atom stereocenters. The lowest BCUT2D eigenvalue weighted by molar-refractivity contribution is 0.928. The van der Waals surface area contributed by atoms with Crippen molar-refractivity contribution in [2.45, 2.75) is 17.1 Å². The molecule has 1 N–H and O–H groups in total. The first-order valence-electron chi connectivity index (χ1n) is 4.80. The Hall–Kier alpha value is -2.13. The molecule has 0 aliphatic heterocycles. The monoisotopic (exact) mass is 244 g/mol. The first-order chi connectivity index (χ1) is 8.19. The third-order valence-corrected chi connectivity index (χ3v) is 2.87. The van der Waals surface area contributed by atoms with Gasteiger partial charge in [-0.1, -0.05) is 0 Å². The number of nitrogens with one attached hydrogen (secondary N) is 1. The highest BCUT2D eigenvalue weighted by Gasteiger charge is 2.07. The second-order valence-corrected chi connectivity index (χ2v) is 4.24. The summed E-state index contributed by atoms with van der Waals surface area (Å²) in [5.74, 6) is 0. The molecule has 0 aliphatic carbocycles. The van der Waals surface area contributed by atoms with E-state index in [1.807, 2.05) is 6.92 Å². The van der Waals surface area contributed by atoms with Gasteiger partial charge in [0.15, 0.2) is 5.16 Å². The van der Waals surface area contributed by atoms with Crippen LogP contribution >= 0.6 is 11.8 Å². The lowest BCUT2D eigenvalue weighted by Gasteiger charge is -2.02. The van der Waals surface area contributed by atoms with Crippen LogP contribution in [0.5, 0.6) is 0 Å². The highest BCUT2D eigenvalue weighted by Crippen LogP contribution is 2.24. The molecule has 0 amide bonds. The van der Waals surface area contributed by atoms with E-state index in [9.17, 15) is 4.79 Å². The Labute approximate surface area is 102 Å². The van der Waals surface area contributed by atoms with E-state index in [4.69, 9.17) is 5.26 Å². The van der Waals surface area contributed by atoms with Gasteiger partial charge in [-0.2, -0.15) is 5.26 Å². The largest absolute Gasteiger partial charge is 0.301 e. The Balaban J connectivity index is 2.39. The molecule has 0 saturated carbocycles. The molecule has 2 aromatic rings. The van der Waals surface area contributed by atoms with Crippen molar-refractivity contribution in [3.05, 3.63) is 46.0 Å². The molecule has 0 bridgehead atoms. The molecule has 2 heterocycles. The third-order valence-electron chi connectivity index (χ3n) is 1.96. The van der Waals surface area contributed by atoms with Gasteiger partial charge < -0.3 is 4.98 Å². The van der Waals surface area contributed by atoms with Gasteiger partial charge in [-0.05, 0) is 30.8 Å². The molecule has 0 aromatic carbocycles. The van der Waals surface area contributed by atoms with E-state index in [1.165, 1.54) is 24.0 Å². The van der Waals surface area contributed by atoms with E-state index in [1.54, 1.807) is 12.1 Å². The number of pyridine rings is 1. The molecule has 0 aliphatic rings. The fourth-order valence-corrected chi connectivity index (χ4v) is 2.05. The highest BCUT2D eigenvalue weighted by molar-refractivity contribution is 7.99. The summed E-state index contributed by atoms with van der Waals surface area (Å²) < 4.78 is 0. The average molecular weight is 244 g/mol. The molecule has 17 heavy (non-hydrogen) atoms. The number of rotatable bonds is 2. The molecule has 6 heteroatoms. The van der Waals surface area contributed by atoms with Crippen LogP contribution in [0.4, 0.5) is 0 Å². The normalized spacial score (nSPS) is 9.88. The molecule has 5 nitrogen and oxygen atoms in total. The van der Waals surface area contributed by atoms with Crippen LogP contribution < -0.4 is 5.56 Å². The zero-order chi connectivity index (χ0) is 12.3. The van der Waals surface area contributed by atoms with Gasteiger partial charge in [0.05, 0.1) is 5.56 Å². The zero-order valence-electron chi connectivity index (χ0n) is 8.97. The van der Waals surface area contributed by atoms with E-state index in [2.05, 4.69) is 21.0 Å². The summed E-state index contributed by atoms with van der Waals surface area (Å²) in [5, 5.41) is 9.91. The van der Waals surface area contributed by atoms with E-state index < -0.39 is 0 Å². The van der Waals surface area contributed by atoms with Crippen LogP contribution in [0.15, 0.2) is 39.4 Å². The molecule has 0 radical (unpaired) electrons. The predicted octanol–water partition coefficient (Wildman–Crippen LogP) is 1.50. The van der Waals surface area contributed by atoms with Crippen molar-refractivity contribution < 1.29 is 0 Å². The van der Waals surface area contributed by atoms with Gasteiger partial charge in [-0.15, -0.1) is 0 Å². The van der Waals surface area contributed by atoms with Crippen LogP contribution in [-0.4, -0.2) is 15.0 Å². The van der Waals surface area contributed by atoms with Crippen LogP contribution in [0.2, 0.25) is 0 Å². The fourth-order valence-electron chi connectivity index (χ4n) is 1.19. The Morgan fingerprint density at radius 3 is 2.94 bits per heavy atom. The summed E-state index contributed by atoms with van der Waals surface area (Å²) in [5.41, 5.74) is 1.05. The molecular formula is C11H8N4OS. The van der Waals surface area contributed by atoms with Gasteiger partial charge >= 0.3 is 0 Å². The topological polar surface area (TPSA) is 82.4 Å².